The molecule has 0 unspecified atom stereocenters. The van der Waals surface area contributed by atoms with Gasteiger partial charge in [-0.05, 0) is 50.0 Å². The van der Waals surface area contributed by atoms with Gasteiger partial charge in [0.1, 0.15) is 11.1 Å². The average Bonchev–Trinajstić information content (AvgIpc) is 2.86. The minimum atomic E-state index is 0.0552. The van der Waals surface area contributed by atoms with E-state index in [1.165, 1.54) is 34.6 Å². The number of hydrogen-bond acceptors (Lipinski definition) is 3. The lowest BCUT2D eigenvalue weighted by Crippen LogP contribution is -3.14. The van der Waals surface area contributed by atoms with Crippen LogP contribution in [-0.4, -0.2) is 25.5 Å². The molecule has 0 radical (unpaired) electrons. The van der Waals surface area contributed by atoms with Crippen molar-refractivity contribution < 1.29 is 9.69 Å². The van der Waals surface area contributed by atoms with Crippen molar-refractivity contribution in [2.45, 2.75) is 45.4 Å². The van der Waals surface area contributed by atoms with Crippen LogP contribution in [0.5, 0.6) is 0 Å². The van der Waals surface area contributed by atoms with Crippen LogP contribution in [-0.2, 0) is 17.6 Å². The summed E-state index contributed by atoms with van der Waals surface area (Å²) in [6.45, 7) is 4.98. The quantitative estimate of drug-likeness (QED) is 0.892. The van der Waals surface area contributed by atoms with Crippen molar-refractivity contribution >= 4 is 22.2 Å². The van der Waals surface area contributed by atoms with Gasteiger partial charge in [0.2, 0.25) is 0 Å². The summed E-state index contributed by atoms with van der Waals surface area (Å²) in [4.78, 5) is 15.0. The van der Waals surface area contributed by atoms with E-state index in [0.29, 0.717) is 6.54 Å². The van der Waals surface area contributed by atoms with Crippen LogP contribution in [0, 0.1) is 17.2 Å². The standard InChI is InChI=1S/C17H23N3OS/c1-12-6-8-20(9-7-12)11-16(21)19-17-14(10-18)13-4-2-3-5-15(13)22-17/h12H,2-9,11H2,1H3,(H,19,21)/p+1. The van der Waals surface area contributed by atoms with Crippen LogP contribution in [0.3, 0.4) is 0 Å². The molecule has 2 aliphatic rings. The minimum Gasteiger partial charge on any atom is -0.327 e. The van der Waals surface area contributed by atoms with Crippen molar-refractivity contribution in [3.8, 4) is 6.07 Å². The van der Waals surface area contributed by atoms with E-state index in [9.17, 15) is 10.1 Å². The summed E-state index contributed by atoms with van der Waals surface area (Å²) in [6, 6.07) is 2.31. The number of carbonyl (C=O) groups excluding carboxylic acids is 1. The smallest absolute Gasteiger partial charge is 0.280 e. The SMILES string of the molecule is CC1CC[NH+](CC(=O)Nc2sc3c(c2C#N)CCCC3)CC1. The van der Waals surface area contributed by atoms with E-state index in [2.05, 4.69) is 18.3 Å². The molecule has 2 heterocycles. The highest BCUT2D eigenvalue weighted by Gasteiger charge is 2.24. The van der Waals surface area contributed by atoms with Crippen LogP contribution in [0.15, 0.2) is 0 Å². The molecule has 5 heteroatoms. The summed E-state index contributed by atoms with van der Waals surface area (Å²) < 4.78 is 0. The van der Waals surface area contributed by atoms with Crippen LogP contribution in [0.4, 0.5) is 5.00 Å². The van der Waals surface area contributed by atoms with Gasteiger partial charge in [-0.1, -0.05) is 6.92 Å². The number of quaternary nitrogens is 1. The predicted octanol–water partition coefficient (Wildman–Crippen LogP) is 1.75. The van der Waals surface area contributed by atoms with Crippen LogP contribution < -0.4 is 10.2 Å². The van der Waals surface area contributed by atoms with E-state index in [4.69, 9.17) is 0 Å². The van der Waals surface area contributed by atoms with Gasteiger partial charge < -0.3 is 10.2 Å². The Morgan fingerprint density at radius 1 is 1.36 bits per heavy atom. The van der Waals surface area contributed by atoms with Gasteiger partial charge in [-0.15, -0.1) is 11.3 Å². The third-order valence-corrected chi connectivity index (χ3v) is 6.14. The fraction of sp³-hybridized carbons (Fsp3) is 0.647. The zero-order valence-corrected chi connectivity index (χ0v) is 14.0. The number of amides is 1. The summed E-state index contributed by atoms with van der Waals surface area (Å²) in [7, 11) is 0. The molecule has 1 aromatic rings. The van der Waals surface area contributed by atoms with Crippen molar-refractivity contribution in [3.05, 3.63) is 16.0 Å². The highest BCUT2D eigenvalue weighted by atomic mass is 32.1. The number of thiophene rings is 1. The van der Waals surface area contributed by atoms with Crippen molar-refractivity contribution in [1.82, 2.24) is 0 Å². The predicted molar refractivity (Wildman–Crippen MR) is 88.3 cm³/mol. The molecule has 0 aromatic carbocycles. The topological polar surface area (TPSA) is 57.3 Å². The highest BCUT2D eigenvalue weighted by Crippen LogP contribution is 2.37. The number of rotatable bonds is 3. The van der Waals surface area contributed by atoms with Gasteiger partial charge in [-0.25, -0.2) is 0 Å². The Morgan fingerprint density at radius 2 is 2.09 bits per heavy atom. The van der Waals surface area contributed by atoms with Gasteiger partial charge in [0.15, 0.2) is 6.54 Å². The lowest BCUT2D eigenvalue weighted by molar-refractivity contribution is -0.897. The molecule has 1 saturated heterocycles. The van der Waals surface area contributed by atoms with Gasteiger partial charge in [-0.2, -0.15) is 5.26 Å². The molecule has 0 saturated carbocycles. The van der Waals surface area contributed by atoms with Crippen LogP contribution in [0.2, 0.25) is 0 Å². The van der Waals surface area contributed by atoms with Crippen molar-refractivity contribution in [2.24, 2.45) is 5.92 Å². The van der Waals surface area contributed by atoms with E-state index in [1.807, 2.05) is 0 Å². The molecule has 22 heavy (non-hydrogen) atoms. The lowest BCUT2D eigenvalue weighted by Gasteiger charge is -2.26. The Labute approximate surface area is 136 Å². The first-order valence-corrected chi connectivity index (χ1v) is 9.17. The van der Waals surface area contributed by atoms with Crippen LogP contribution in [0.1, 0.15) is 48.6 Å². The third kappa shape index (κ3) is 3.34. The molecular weight excluding hydrogens is 294 g/mol. The third-order valence-electron chi connectivity index (χ3n) is 4.93. The first-order chi connectivity index (χ1) is 10.7. The second-order valence-electron chi connectivity index (χ2n) is 6.68. The summed E-state index contributed by atoms with van der Waals surface area (Å²) in [5.41, 5.74) is 1.91. The zero-order chi connectivity index (χ0) is 15.5. The number of nitrogens with one attached hydrogen (secondary N) is 2. The van der Waals surface area contributed by atoms with E-state index in [0.717, 1.165) is 48.8 Å². The molecule has 3 rings (SSSR count). The molecule has 0 atom stereocenters. The molecule has 2 N–H and O–H groups in total. The molecule has 1 aliphatic heterocycles. The second kappa shape index (κ2) is 6.80. The Kier molecular flexibility index (Phi) is 4.80. The fourth-order valence-corrected chi connectivity index (χ4v) is 4.77. The largest absolute Gasteiger partial charge is 0.327 e. The zero-order valence-electron chi connectivity index (χ0n) is 13.2. The number of likely N-dealkylation sites (tertiary alicyclic amines) is 1. The number of nitriles is 1. The van der Waals surface area contributed by atoms with Crippen LogP contribution >= 0.6 is 11.3 Å². The van der Waals surface area contributed by atoms with E-state index < -0.39 is 0 Å². The number of anilines is 1. The van der Waals surface area contributed by atoms with Gasteiger partial charge >= 0.3 is 0 Å². The number of fused-ring (bicyclic) bond motifs is 1. The van der Waals surface area contributed by atoms with Gasteiger partial charge in [-0.3, -0.25) is 4.79 Å². The van der Waals surface area contributed by atoms with E-state index in [1.54, 1.807) is 11.3 Å². The number of carbonyl (C=O) groups is 1. The maximum absolute atomic E-state index is 12.3. The Bertz CT molecular complexity index is 594. The Morgan fingerprint density at radius 3 is 2.82 bits per heavy atom. The van der Waals surface area contributed by atoms with Gasteiger partial charge in [0.25, 0.3) is 5.91 Å². The molecule has 1 aliphatic carbocycles. The monoisotopic (exact) mass is 318 g/mol. The summed E-state index contributed by atoms with van der Waals surface area (Å²) >= 11 is 1.61. The van der Waals surface area contributed by atoms with Crippen LogP contribution in [0.25, 0.3) is 0 Å². The Balaban J connectivity index is 1.64. The first kappa shape index (κ1) is 15.5. The fourth-order valence-electron chi connectivity index (χ4n) is 3.52. The van der Waals surface area contributed by atoms with Crippen molar-refractivity contribution in [1.29, 1.82) is 5.26 Å². The second-order valence-corrected chi connectivity index (χ2v) is 7.79. The minimum absolute atomic E-state index is 0.0552. The number of nitrogens with zero attached hydrogens (tertiary/aromatic N) is 1. The summed E-state index contributed by atoms with van der Waals surface area (Å²) in [6.07, 6.45) is 6.81. The normalized spacial score (nSPS) is 24.4. The van der Waals surface area contributed by atoms with E-state index >= 15 is 0 Å². The molecule has 0 spiro atoms. The number of aryl methyl sites for hydroxylation is 1. The van der Waals surface area contributed by atoms with Gasteiger partial charge in [0, 0.05) is 4.88 Å². The molecular formula is C17H24N3OS+. The summed E-state index contributed by atoms with van der Waals surface area (Å²) in [5.74, 6) is 0.848. The number of piperidine rings is 1. The molecule has 118 valence electrons. The molecule has 4 nitrogen and oxygen atoms in total. The lowest BCUT2D eigenvalue weighted by atomic mass is 9.96. The highest BCUT2D eigenvalue weighted by molar-refractivity contribution is 7.16. The molecule has 1 amide bonds. The maximum atomic E-state index is 12.3. The molecule has 1 fully saturated rings. The summed E-state index contributed by atoms with van der Waals surface area (Å²) in [5, 5.41) is 13.2. The van der Waals surface area contributed by atoms with Gasteiger partial charge in [0.05, 0.1) is 18.7 Å². The number of hydrogen-bond donors (Lipinski definition) is 2. The van der Waals surface area contributed by atoms with E-state index in [-0.39, 0.29) is 5.91 Å². The first-order valence-electron chi connectivity index (χ1n) is 8.35. The molecule has 1 aromatic heterocycles. The van der Waals surface area contributed by atoms with Crippen molar-refractivity contribution in [2.75, 3.05) is 25.0 Å². The maximum Gasteiger partial charge on any atom is 0.280 e. The Hall–Kier alpha value is -1.38. The van der Waals surface area contributed by atoms with Crippen molar-refractivity contribution in [3.63, 3.8) is 0 Å². The average molecular weight is 318 g/mol. The molecule has 0 bridgehead atoms.